The normalized spacial score (nSPS) is 10.1. The van der Waals surface area contributed by atoms with E-state index in [0.717, 1.165) is 9.21 Å². The number of halogens is 1. The average molecular weight is 248 g/mol. The predicted octanol–water partition coefficient (Wildman–Crippen LogP) is 3.38. The third-order valence-electron chi connectivity index (χ3n) is 1.88. The minimum absolute atomic E-state index is 0.274. The van der Waals surface area contributed by atoms with Crippen molar-refractivity contribution in [2.45, 2.75) is 20.4 Å². The molecule has 0 aliphatic rings. The highest BCUT2D eigenvalue weighted by Crippen LogP contribution is 2.22. The lowest BCUT2D eigenvalue weighted by Crippen LogP contribution is -2.30. The fourth-order valence-corrected chi connectivity index (χ4v) is 2.25. The maximum absolute atomic E-state index is 11.5. The number of thiophene rings is 1. The van der Waals surface area contributed by atoms with Crippen LogP contribution in [0.25, 0.3) is 0 Å². The van der Waals surface area contributed by atoms with Gasteiger partial charge in [0.25, 0.3) is 0 Å². The van der Waals surface area contributed by atoms with Crippen LogP contribution in [0.2, 0.25) is 4.34 Å². The molecule has 1 aromatic rings. The van der Waals surface area contributed by atoms with E-state index in [1.165, 1.54) is 11.3 Å². The van der Waals surface area contributed by atoms with Gasteiger partial charge in [0.2, 0.25) is 0 Å². The van der Waals surface area contributed by atoms with Crippen molar-refractivity contribution in [3.8, 4) is 0 Å². The van der Waals surface area contributed by atoms with Gasteiger partial charge in [-0.3, -0.25) is 0 Å². The fourth-order valence-electron chi connectivity index (χ4n) is 1.15. The molecule has 0 radical (unpaired) electrons. The first-order valence-electron chi connectivity index (χ1n) is 4.83. The van der Waals surface area contributed by atoms with E-state index < -0.39 is 0 Å². The molecule has 0 aliphatic carbocycles. The summed E-state index contributed by atoms with van der Waals surface area (Å²) in [4.78, 5) is 14.2. The molecule has 1 amide bonds. The van der Waals surface area contributed by atoms with Crippen molar-refractivity contribution in [1.29, 1.82) is 0 Å². The molecule has 84 valence electrons. The minimum Gasteiger partial charge on any atom is -0.450 e. The summed E-state index contributed by atoms with van der Waals surface area (Å²) in [5.41, 5.74) is 0. The number of hydrogen-bond donors (Lipinski definition) is 0. The quantitative estimate of drug-likeness (QED) is 0.816. The number of rotatable bonds is 4. The largest absolute Gasteiger partial charge is 0.450 e. The number of amides is 1. The van der Waals surface area contributed by atoms with Crippen molar-refractivity contribution >= 4 is 29.0 Å². The SMILES string of the molecule is CCOC(=O)N(CC)Cc1ccc(Cl)s1. The van der Waals surface area contributed by atoms with Crippen LogP contribution in [0.5, 0.6) is 0 Å². The molecule has 15 heavy (non-hydrogen) atoms. The third kappa shape index (κ3) is 3.72. The lowest BCUT2D eigenvalue weighted by Gasteiger charge is -2.18. The maximum Gasteiger partial charge on any atom is 0.410 e. The van der Waals surface area contributed by atoms with E-state index in [-0.39, 0.29) is 6.09 Å². The maximum atomic E-state index is 11.5. The van der Waals surface area contributed by atoms with E-state index in [1.807, 2.05) is 19.1 Å². The summed E-state index contributed by atoms with van der Waals surface area (Å²) in [6, 6.07) is 3.76. The molecule has 0 atom stereocenters. The van der Waals surface area contributed by atoms with Crippen LogP contribution in [-0.4, -0.2) is 24.1 Å². The van der Waals surface area contributed by atoms with Crippen molar-refractivity contribution in [3.05, 3.63) is 21.3 Å². The third-order valence-corrected chi connectivity index (χ3v) is 3.10. The van der Waals surface area contributed by atoms with Gasteiger partial charge in [0.15, 0.2) is 0 Å². The van der Waals surface area contributed by atoms with E-state index in [1.54, 1.807) is 11.8 Å². The molecule has 5 heteroatoms. The van der Waals surface area contributed by atoms with Gasteiger partial charge in [0, 0.05) is 11.4 Å². The van der Waals surface area contributed by atoms with Crippen molar-refractivity contribution in [3.63, 3.8) is 0 Å². The molecule has 0 saturated carbocycles. The number of ether oxygens (including phenoxy) is 1. The van der Waals surface area contributed by atoms with Crippen molar-refractivity contribution in [1.82, 2.24) is 4.90 Å². The Balaban J connectivity index is 2.57. The van der Waals surface area contributed by atoms with Crippen LogP contribution in [-0.2, 0) is 11.3 Å². The van der Waals surface area contributed by atoms with Gasteiger partial charge < -0.3 is 9.64 Å². The zero-order valence-corrected chi connectivity index (χ0v) is 10.4. The predicted molar refractivity (Wildman–Crippen MR) is 62.4 cm³/mol. The molecular formula is C10H14ClNO2S. The van der Waals surface area contributed by atoms with Crippen LogP contribution in [0, 0.1) is 0 Å². The van der Waals surface area contributed by atoms with Crippen molar-refractivity contribution in [2.24, 2.45) is 0 Å². The molecule has 0 aromatic carbocycles. The van der Waals surface area contributed by atoms with Gasteiger partial charge in [-0.2, -0.15) is 0 Å². The molecule has 0 N–H and O–H groups in total. The molecule has 0 saturated heterocycles. The Hall–Kier alpha value is -0.740. The zero-order valence-electron chi connectivity index (χ0n) is 8.83. The standard InChI is InChI=1S/C10H14ClNO2S/c1-3-12(10(13)14-4-2)7-8-5-6-9(11)15-8/h5-6H,3-4,7H2,1-2H3. The Morgan fingerprint density at radius 1 is 1.53 bits per heavy atom. The van der Waals surface area contributed by atoms with Crippen LogP contribution in [0.4, 0.5) is 4.79 Å². The Morgan fingerprint density at radius 3 is 2.73 bits per heavy atom. The smallest absolute Gasteiger partial charge is 0.410 e. The zero-order chi connectivity index (χ0) is 11.3. The summed E-state index contributed by atoms with van der Waals surface area (Å²) >= 11 is 7.29. The van der Waals surface area contributed by atoms with Gasteiger partial charge in [-0.1, -0.05) is 11.6 Å². The number of hydrogen-bond acceptors (Lipinski definition) is 3. The molecule has 3 nitrogen and oxygen atoms in total. The first kappa shape index (κ1) is 12.3. The van der Waals surface area contributed by atoms with E-state index in [2.05, 4.69) is 0 Å². The minimum atomic E-state index is -0.274. The summed E-state index contributed by atoms with van der Waals surface area (Å²) in [6.45, 7) is 5.32. The second kappa shape index (κ2) is 5.98. The van der Waals surface area contributed by atoms with Gasteiger partial charge >= 0.3 is 6.09 Å². The van der Waals surface area contributed by atoms with Crippen LogP contribution >= 0.6 is 22.9 Å². The summed E-state index contributed by atoms with van der Waals surface area (Å²) in [6.07, 6.45) is -0.274. The van der Waals surface area contributed by atoms with Gasteiger partial charge in [-0.05, 0) is 26.0 Å². The molecular weight excluding hydrogens is 234 g/mol. The van der Waals surface area contributed by atoms with E-state index in [9.17, 15) is 4.79 Å². The van der Waals surface area contributed by atoms with Gasteiger partial charge in [-0.15, -0.1) is 11.3 Å². The fraction of sp³-hybridized carbons (Fsp3) is 0.500. The van der Waals surface area contributed by atoms with Crippen LogP contribution in [0.15, 0.2) is 12.1 Å². The average Bonchev–Trinajstić information content (AvgIpc) is 2.61. The molecule has 1 rings (SSSR count). The highest BCUT2D eigenvalue weighted by Gasteiger charge is 2.13. The summed E-state index contributed by atoms with van der Waals surface area (Å²) in [5, 5.41) is 0. The lowest BCUT2D eigenvalue weighted by molar-refractivity contribution is 0.107. The second-order valence-corrected chi connectivity index (χ2v) is 4.72. The van der Waals surface area contributed by atoms with E-state index in [4.69, 9.17) is 16.3 Å². The Kier molecular flexibility index (Phi) is 4.91. The van der Waals surface area contributed by atoms with Gasteiger partial charge in [0.05, 0.1) is 17.5 Å². The topological polar surface area (TPSA) is 29.5 Å². The summed E-state index contributed by atoms with van der Waals surface area (Å²) in [5.74, 6) is 0. The summed E-state index contributed by atoms with van der Waals surface area (Å²) < 4.78 is 5.67. The molecule has 0 aliphatic heterocycles. The highest BCUT2D eigenvalue weighted by atomic mass is 35.5. The Bertz CT molecular complexity index is 327. The van der Waals surface area contributed by atoms with Gasteiger partial charge in [0.1, 0.15) is 0 Å². The first-order valence-corrected chi connectivity index (χ1v) is 6.02. The lowest BCUT2D eigenvalue weighted by atomic mass is 10.4. The van der Waals surface area contributed by atoms with E-state index >= 15 is 0 Å². The molecule has 0 bridgehead atoms. The van der Waals surface area contributed by atoms with Crippen LogP contribution < -0.4 is 0 Å². The molecule has 1 aromatic heterocycles. The van der Waals surface area contributed by atoms with Crippen LogP contribution in [0.1, 0.15) is 18.7 Å². The molecule has 0 spiro atoms. The summed E-state index contributed by atoms with van der Waals surface area (Å²) in [7, 11) is 0. The number of carbonyl (C=O) groups is 1. The van der Waals surface area contributed by atoms with Crippen molar-refractivity contribution < 1.29 is 9.53 Å². The van der Waals surface area contributed by atoms with E-state index in [0.29, 0.717) is 19.7 Å². The number of nitrogens with zero attached hydrogens (tertiary/aromatic N) is 1. The van der Waals surface area contributed by atoms with Gasteiger partial charge in [-0.25, -0.2) is 4.79 Å². The monoisotopic (exact) mass is 247 g/mol. The first-order chi connectivity index (χ1) is 7.17. The second-order valence-electron chi connectivity index (χ2n) is 2.92. The van der Waals surface area contributed by atoms with Crippen LogP contribution in [0.3, 0.4) is 0 Å². The Labute approximate surface area is 98.6 Å². The number of carbonyl (C=O) groups excluding carboxylic acids is 1. The molecule has 0 fully saturated rings. The molecule has 0 unspecified atom stereocenters. The Morgan fingerprint density at radius 2 is 2.27 bits per heavy atom. The van der Waals surface area contributed by atoms with Crippen molar-refractivity contribution in [2.75, 3.05) is 13.2 Å². The highest BCUT2D eigenvalue weighted by molar-refractivity contribution is 7.16. The molecule has 1 heterocycles.